The summed E-state index contributed by atoms with van der Waals surface area (Å²) in [7, 11) is 0. The fourth-order valence-corrected chi connectivity index (χ4v) is 2.20. The van der Waals surface area contributed by atoms with E-state index in [-0.39, 0.29) is 0 Å². The van der Waals surface area contributed by atoms with Crippen molar-refractivity contribution in [2.75, 3.05) is 0 Å². The molecule has 1 aliphatic rings. The van der Waals surface area contributed by atoms with E-state index in [1.165, 1.54) is 25.7 Å². The number of hydrogen-bond donors (Lipinski definition) is 1. The molecule has 0 amide bonds. The van der Waals surface area contributed by atoms with Crippen molar-refractivity contribution in [1.29, 1.82) is 0 Å². The van der Waals surface area contributed by atoms with Gasteiger partial charge in [-0.15, -0.1) is 0 Å². The average Bonchev–Trinajstić information content (AvgIpc) is 1.96. The van der Waals surface area contributed by atoms with E-state index < -0.39 is 0 Å². The molecule has 0 aromatic heterocycles. The molecule has 1 saturated carbocycles. The van der Waals surface area contributed by atoms with Crippen molar-refractivity contribution in [2.24, 2.45) is 11.8 Å². The van der Waals surface area contributed by atoms with Crippen LogP contribution in [-0.2, 0) is 0 Å². The van der Waals surface area contributed by atoms with Gasteiger partial charge in [-0.1, -0.05) is 27.2 Å². The van der Waals surface area contributed by atoms with Gasteiger partial charge in [0.1, 0.15) is 0 Å². The molecule has 2 atom stereocenters. The van der Waals surface area contributed by atoms with Crippen LogP contribution in [0.5, 0.6) is 0 Å². The monoisotopic (exact) mass is 183 g/mol. The Balaban J connectivity index is 2.27. The van der Waals surface area contributed by atoms with Gasteiger partial charge in [0.25, 0.3) is 0 Å². The highest BCUT2D eigenvalue weighted by Gasteiger charge is 2.25. The molecule has 1 fully saturated rings. The Bertz CT molecular complexity index is 138. The van der Waals surface area contributed by atoms with Gasteiger partial charge in [-0.05, 0) is 38.0 Å². The summed E-state index contributed by atoms with van der Waals surface area (Å²) in [5.41, 5.74) is 0. The van der Waals surface area contributed by atoms with Crippen molar-refractivity contribution in [3.8, 4) is 0 Å². The highest BCUT2D eigenvalue weighted by atomic mass is 15.0. The normalized spacial score (nSPS) is 22.8. The van der Waals surface area contributed by atoms with Crippen LogP contribution in [-0.4, -0.2) is 12.1 Å². The Kier molecular flexibility index (Phi) is 4.24. The van der Waals surface area contributed by atoms with Crippen molar-refractivity contribution < 1.29 is 0 Å². The SMILES string of the molecule is CCC(NC(C)C1CCC1)C(C)C. The van der Waals surface area contributed by atoms with E-state index in [4.69, 9.17) is 0 Å². The van der Waals surface area contributed by atoms with Gasteiger partial charge in [-0.3, -0.25) is 0 Å². The fourth-order valence-electron chi connectivity index (χ4n) is 2.20. The third kappa shape index (κ3) is 2.98. The molecule has 0 heterocycles. The first-order valence-corrected chi connectivity index (χ1v) is 5.91. The first-order valence-electron chi connectivity index (χ1n) is 5.91. The fraction of sp³-hybridized carbons (Fsp3) is 1.00. The Morgan fingerprint density at radius 1 is 1.23 bits per heavy atom. The second-order valence-corrected chi connectivity index (χ2v) is 4.91. The lowest BCUT2D eigenvalue weighted by atomic mass is 9.80. The zero-order valence-corrected chi connectivity index (χ0v) is 9.64. The summed E-state index contributed by atoms with van der Waals surface area (Å²) in [5, 5.41) is 3.77. The molecule has 0 aromatic carbocycles. The molecule has 0 aliphatic heterocycles. The maximum absolute atomic E-state index is 3.77. The molecule has 0 spiro atoms. The third-order valence-electron chi connectivity index (χ3n) is 3.58. The molecule has 1 aliphatic carbocycles. The van der Waals surface area contributed by atoms with Crippen LogP contribution in [0.1, 0.15) is 53.4 Å². The van der Waals surface area contributed by atoms with Crippen LogP contribution in [0.2, 0.25) is 0 Å². The molecule has 1 heteroatoms. The van der Waals surface area contributed by atoms with Gasteiger partial charge in [0.05, 0.1) is 0 Å². The van der Waals surface area contributed by atoms with Crippen molar-refractivity contribution in [3.63, 3.8) is 0 Å². The lowest BCUT2D eigenvalue weighted by molar-refractivity contribution is 0.210. The highest BCUT2D eigenvalue weighted by molar-refractivity contribution is 4.82. The van der Waals surface area contributed by atoms with Crippen LogP contribution in [0, 0.1) is 11.8 Å². The first kappa shape index (κ1) is 11.0. The maximum Gasteiger partial charge on any atom is 0.00900 e. The Morgan fingerprint density at radius 2 is 1.85 bits per heavy atom. The van der Waals surface area contributed by atoms with Crippen molar-refractivity contribution in [3.05, 3.63) is 0 Å². The van der Waals surface area contributed by atoms with Crippen molar-refractivity contribution in [1.82, 2.24) is 5.32 Å². The molecule has 0 bridgehead atoms. The minimum Gasteiger partial charge on any atom is -0.311 e. The molecule has 78 valence electrons. The molecule has 0 aromatic rings. The number of nitrogens with one attached hydrogen (secondary N) is 1. The first-order chi connectivity index (χ1) is 6.15. The standard InChI is InChI=1S/C12H25N/c1-5-12(9(2)3)13-10(4)11-7-6-8-11/h9-13H,5-8H2,1-4H3. The largest absolute Gasteiger partial charge is 0.311 e. The van der Waals surface area contributed by atoms with E-state index in [0.717, 1.165) is 23.9 Å². The van der Waals surface area contributed by atoms with E-state index >= 15 is 0 Å². The van der Waals surface area contributed by atoms with E-state index in [2.05, 4.69) is 33.0 Å². The van der Waals surface area contributed by atoms with Crippen LogP contribution in [0.3, 0.4) is 0 Å². The lowest BCUT2D eigenvalue weighted by Gasteiger charge is -2.35. The quantitative estimate of drug-likeness (QED) is 0.690. The van der Waals surface area contributed by atoms with Gasteiger partial charge in [-0.2, -0.15) is 0 Å². The Morgan fingerprint density at radius 3 is 2.15 bits per heavy atom. The Labute approximate surface area is 83.3 Å². The third-order valence-corrected chi connectivity index (χ3v) is 3.58. The van der Waals surface area contributed by atoms with Gasteiger partial charge >= 0.3 is 0 Å². The van der Waals surface area contributed by atoms with Gasteiger partial charge in [0.15, 0.2) is 0 Å². The predicted molar refractivity (Wildman–Crippen MR) is 58.9 cm³/mol. The van der Waals surface area contributed by atoms with Gasteiger partial charge in [0.2, 0.25) is 0 Å². The van der Waals surface area contributed by atoms with Gasteiger partial charge < -0.3 is 5.32 Å². The molecule has 13 heavy (non-hydrogen) atoms. The smallest absolute Gasteiger partial charge is 0.00900 e. The van der Waals surface area contributed by atoms with Crippen LogP contribution < -0.4 is 5.32 Å². The molecule has 1 N–H and O–H groups in total. The van der Waals surface area contributed by atoms with E-state index in [1.807, 2.05) is 0 Å². The summed E-state index contributed by atoms with van der Waals surface area (Å²) in [5.74, 6) is 1.74. The summed E-state index contributed by atoms with van der Waals surface area (Å²) in [6, 6.07) is 1.46. The van der Waals surface area contributed by atoms with Gasteiger partial charge in [0, 0.05) is 12.1 Å². The zero-order chi connectivity index (χ0) is 9.84. The Hall–Kier alpha value is -0.0400. The summed E-state index contributed by atoms with van der Waals surface area (Å²) in [6.07, 6.45) is 5.61. The average molecular weight is 183 g/mol. The zero-order valence-electron chi connectivity index (χ0n) is 9.64. The molecule has 0 radical (unpaired) electrons. The van der Waals surface area contributed by atoms with E-state index in [1.54, 1.807) is 0 Å². The summed E-state index contributed by atoms with van der Waals surface area (Å²) >= 11 is 0. The van der Waals surface area contributed by atoms with Crippen LogP contribution in [0.25, 0.3) is 0 Å². The van der Waals surface area contributed by atoms with E-state index in [9.17, 15) is 0 Å². The molecular formula is C12H25N. The second kappa shape index (κ2) is 4.99. The van der Waals surface area contributed by atoms with Crippen molar-refractivity contribution >= 4 is 0 Å². The lowest BCUT2D eigenvalue weighted by Crippen LogP contribution is -2.45. The maximum atomic E-state index is 3.77. The van der Waals surface area contributed by atoms with Crippen LogP contribution in [0.4, 0.5) is 0 Å². The summed E-state index contributed by atoms with van der Waals surface area (Å²) in [6.45, 7) is 9.27. The minimum absolute atomic E-state index is 0.718. The number of rotatable bonds is 5. The minimum atomic E-state index is 0.718. The molecule has 1 nitrogen and oxygen atoms in total. The summed E-state index contributed by atoms with van der Waals surface area (Å²) in [4.78, 5) is 0. The molecule has 0 saturated heterocycles. The van der Waals surface area contributed by atoms with Gasteiger partial charge in [-0.25, -0.2) is 0 Å². The van der Waals surface area contributed by atoms with Crippen LogP contribution >= 0.6 is 0 Å². The molecular weight excluding hydrogens is 158 g/mol. The van der Waals surface area contributed by atoms with Crippen LogP contribution in [0.15, 0.2) is 0 Å². The second-order valence-electron chi connectivity index (χ2n) is 4.91. The van der Waals surface area contributed by atoms with Crippen molar-refractivity contribution in [2.45, 2.75) is 65.5 Å². The summed E-state index contributed by atoms with van der Waals surface area (Å²) < 4.78 is 0. The molecule has 1 rings (SSSR count). The predicted octanol–water partition coefficient (Wildman–Crippen LogP) is 3.20. The highest BCUT2D eigenvalue weighted by Crippen LogP contribution is 2.29. The molecule has 2 unspecified atom stereocenters. The van der Waals surface area contributed by atoms with E-state index in [0.29, 0.717) is 0 Å². The number of hydrogen-bond acceptors (Lipinski definition) is 1. The topological polar surface area (TPSA) is 12.0 Å².